The van der Waals surface area contributed by atoms with Crippen LogP contribution in [0.1, 0.15) is 15.9 Å². The lowest BCUT2D eigenvalue weighted by Gasteiger charge is -2.16. The van der Waals surface area contributed by atoms with E-state index in [1.165, 1.54) is 0 Å². The molecule has 94 valence electrons. The molecular formula is C12H10BrClN2OS. The Balaban J connectivity index is 2.12. The summed E-state index contributed by atoms with van der Waals surface area (Å²) in [6.07, 6.45) is 1.56. The number of hydrogen-bond donors (Lipinski definition) is 0. The fraction of sp³-hybridized carbons (Fsp3) is 0.167. The van der Waals surface area contributed by atoms with Crippen LogP contribution in [0.15, 0.2) is 33.6 Å². The van der Waals surface area contributed by atoms with Gasteiger partial charge in [-0.25, -0.2) is 4.98 Å². The fourth-order valence-electron chi connectivity index (χ4n) is 1.53. The molecule has 0 radical (unpaired) electrons. The molecule has 3 nitrogen and oxygen atoms in total. The van der Waals surface area contributed by atoms with Crippen LogP contribution in [0.5, 0.6) is 0 Å². The highest BCUT2D eigenvalue weighted by Crippen LogP contribution is 2.22. The zero-order valence-corrected chi connectivity index (χ0v) is 12.7. The number of aromatic nitrogens is 1. The number of pyridine rings is 1. The minimum Gasteiger partial charge on any atom is -0.337 e. The number of nitrogens with zero attached hydrogens (tertiary/aromatic N) is 2. The third-order valence-corrected chi connectivity index (χ3v) is 4.23. The van der Waals surface area contributed by atoms with E-state index in [1.54, 1.807) is 41.6 Å². The molecule has 0 aliphatic rings. The van der Waals surface area contributed by atoms with Crippen LogP contribution >= 0.6 is 38.9 Å². The maximum Gasteiger partial charge on any atom is 0.257 e. The second kappa shape index (κ2) is 5.82. The number of amides is 1. The molecule has 0 saturated heterocycles. The summed E-state index contributed by atoms with van der Waals surface area (Å²) in [7, 11) is 1.75. The second-order valence-corrected chi connectivity index (χ2v) is 6.41. The number of halogens is 2. The number of rotatable bonds is 3. The van der Waals surface area contributed by atoms with E-state index in [-0.39, 0.29) is 11.1 Å². The molecule has 0 bridgehead atoms. The van der Waals surface area contributed by atoms with E-state index in [0.717, 1.165) is 9.35 Å². The van der Waals surface area contributed by atoms with Gasteiger partial charge < -0.3 is 4.90 Å². The topological polar surface area (TPSA) is 33.2 Å². The minimum absolute atomic E-state index is 0.129. The molecule has 0 N–H and O–H groups in total. The van der Waals surface area contributed by atoms with Gasteiger partial charge in [-0.15, -0.1) is 11.3 Å². The average molecular weight is 346 g/mol. The van der Waals surface area contributed by atoms with Crippen molar-refractivity contribution in [1.29, 1.82) is 0 Å². The number of carbonyl (C=O) groups excluding carboxylic acids is 1. The first kappa shape index (κ1) is 13.5. The third-order valence-electron chi connectivity index (χ3n) is 2.38. The van der Waals surface area contributed by atoms with Gasteiger partial charge in [-0.2, -0.15) is 0 Å². The van der Waals surface area contributed by atoms with Crippen molar-refractivity contribution in [2.75, 3.05) is 7.05 Å². The number of carbonyl (C=O) groups is 1. The van der Waals surface area contributed by atoms with E-state index in [2.05, 4.69) is 20.9 Å². The highest BCUT2D eigenvalue weighted by Gasteiger charge is 2.16. The smallest absolute Gasteiger partial charge is 0.257 e. The summed E-state index contributed by atoms with van der Waals surface area (Å²) in [6.45, 7) is 0.548. The van der Waals surface area contributed by atoms with Gasteiger partial charge in [-0.05, 0) is 45.1 Å². The van der Waals surface area contributed by atoms with Gasteiger partial charge >= 0.3 is 0 Å². The van der Waals surface area contributed by atoms with Crippen LogP contribution in [0.4, 0.5) is 0 Å². The summed E-state index contributed by atoms with van der Waals surface area (Å²) >= 11 is 10.9. The van der Waals surface area contributed by atoms with E-state index in [0.29, 0.717) is 12.1 Å². The van der Waals surface area contributed by atoms with Crippen molar-refractivity contribution in [2.24, 2.45) is 0 Å². The van der Waals surface area contributed by atoms with Crippen molar-refractivity contribution in [3.63, 3.8) is 0 Å². The van der Waals surface area contributed by atoms with Gasteiger partial charge in [0.15, 0.2) is 0 Å². The normalized spacial score (nSPS) is 10.4. The van der Waals surface area contributed by atoms with Crippen molar-refractivity contribution < 1.29 is 4.79 Å². The van der Waals surface area contributed by atoms with Crippen molar-refractivity contribution >= 4 is 44.8 Å². The molecule has 0 aliphatic heterocycles. The van der Waals surface area contributed by atoms with Crippen LogP contribution in [0.25, 0.3) is 0 Å². The molecule has 0 atom stereocenters. The van der Waals surface area contributed by atoms with Gasteiger partial charge in [-0.1, -0.05) is 11.6 Å². The van der Waals surface area contributed by atoms with Crippen LogP contribution in [-0.2, 0) is 6.54 Å². The molecule has 0 fully saturated rings. The first-order valence-electron chi connectivity index (χ1n) is 5.17. The Morgan fingerprint density at radius 2 is 2.39 bits per heavy atom. The Kier molecular flexibility index (Phi) is 4.37. The van der Waals surface area contributed by atoms with E-state index in [1.807, 2.05) is 11.4 Å². The molecule has 2 aromatic rings. The first-order chi connectivity index (χ1) is 8.58. The van der Waals surface area contributed by atoms with Crippen molar-refractivity contribution in [3.05, 3.63) is 49.8 Å². The lowest BCUT2D eigenvalue weighted by Crippen LogP contribution is -2.26. The molecule has 1 amide bonds. The Morgan fingerprint density at radius 1 is 1.61 bits per heavy atom. The van der Waals surface area contributed by atoms with Crippen LogP contribution in [-0.4, -0.2) is 22.8 Å². The van der Waals surface area contributed by atoms with Gasteiger partial charge in [0.05, 0.1) is 9.35 Å². The van der Waals surface area contributed by atoms with Crippen LogP contribution < -0.4 is 0 Å². The molecule has 6 heteroatoms. The second-order valence-electron chi connectivity index (χ2n) is 3.76. The fourth-order valence-corrected chi connectivity index (χ4v) is 2.93. The van der Waals surface area contributed by atoms with E-state index < -0.39 is 0 Å². The van der Waals surface area contributed by atoms with Crippen molar-refractivity contribution in [2.45, 2.75) is 6.54 Å². The molecule has 0 spiro atoms. The van der Waals surface area contributed by atoms with Crippen LogP contribution in [0.2, 0.25) is 5.15 Å². The van der Waals surface area contributed by atoms with Gasteiger partial charge in [0.2, 0.25) is 0 Å². The Morgan fingerprint density at radius 3 is 3.00 bits per heavy atom. The first-order valence-corrected chi connectivity index (χ1v) is 7.22. The molecule has 2 aromatic heterocycles. The van der Waals surface area contributed by atoms with Crippen molar-refractivity contribution in [3.8, 4) is 0 Å². The van der Waals surface area contributed by atoms with Crippen LogP contribution in [0.3, 0.4) is 0 Å². The Labute approximate surface area is 123 Å². The standard InChI is InChI=1S/C12H10BrClN2OS/c1-16(6-8-5-10(13)18-7-8)12(17)9-3-2-4-15-11(9)14/h2-5,7H,6H2,1H3. The summed E-state index contributed by atoms with van der Waals surface area (Å²) in [5.41, 5.74) is 1.51. The van der Waals surface area contributed by atoms with E-state index >= 15 is 0 Å². The molecule has 18 heavy (non-hydrogen) atoms. The zero-order chi connectivity index (χ0) is 13.1. The predicted octanol–water partition coefficient (Wildman–Crippen LogP) is 3.83. The quantitative estimate of drug-likeness (QED) is 0.792. The molecule has 2 rings (SSSR count). The zero-order valence-electron chi connectivity index (χ0n) is 9.56. The molecular weight excluding hydrogens is 336 g/mol. The highest BCUT2D eigenvalue weighted by molar-refractivity contribution is 9.11. The summed E-state index contributed by atoms with van der Waals surface area (Å²) in [6, 6.07) is 5.38. The molecule has 2 heterocycles. The van der Waals surface area contributed by atoms with E-state index in [9.17, 15) is 4.79 Å². The summed E-state index contributed by atoms with van der Waals surface area (Å²) < 4.78 is 1.05. The van der Waals surface area contributed by atoms with Gasteiger partial charge in [0.1, 0.15) is 5.15 Å². The Bertz CT molecular complexity index is 573. The number of hydrogen-bond acceptors (Lipinski definition) is 3. The maximum absolute atomic E-state index is 12.2. The summed E-state index contributed by atoms with van der Waals surface area (Å²) in [5, 5.41) is 2.25. The maximum atomic E-state index is 12.2. The number of thiophene rings is 1. The molecule has 0 aromatic carbocycles. The molecule has 0 aliphatic carbocycles. The van der Waals surface area contributed by atoms with Gasteiger partial charge in [-0.3, -0.25) is 4.79 Å². The Hall–Kier alpha value is -0.910. The monoisotopic (exact) mass is 344 g/mol. The summed E-state index contributed by atoms with van der Waals surface area (Å²) in [5.74, 6) is -0.129. The average Bonchev–Trinajstić information content (AvgIpc) is 2.74. The summed E-state index contributed by atoms with van der Waals surface area (Å²) in [4.78, 5) is 17.7. The SMILES string of the molecule is CN(Cc1csc(Br)c1)C(=O)c1cccnc1Cl. The van der Waals surface area contributed by atoms with Crippen LogP contribution in [0, 0.1) is 0 Å². The molecule has 0 unspecified atom stereocenters. The van der Waals surface area contributed by atoms with Gasteiger partial charge in [0, 0.05) is 19.8 Å². The lowest BCUT2D eigenvalue weighted by atomic mass is 10.2. The highest BCUT2D eigenvalue weighted by atomic mass is 79.9. The minimum atomic E-state index is -0.129. The lowest BCUT2D eigenvalue weighted by molar-refractivity contribution is 0.0785. The third kappa shape index (κ3) is 3.10. The predicted molar refractivity (Wildman–Crippen MR) is 77.1 cm³/mol. The largest absolute Gasteiger partial charge is 0.337 e. The van der Waals surface area contributed by atoms with Crippen molar-refractivity contribution in [1.82, 2.24) is 9.88 Å². The van der Waals surface area contributed by atoms with Gasteiger partial charge in [0.25, 0.3) is 5.91 Å². The van der Waals surface area contributed by atoms with E-state index in [4.69, 9.17) is 11.6 Å². The molecule has 0 saturated carbocycles.